The maximum Gasteiger partial charge on any atom is 0.254 e. The number of nitrogens with one attached hydrogen (secondary N) is 1. The van der Waals surface area contributed by atoms with Crippen LogP contribution in [-0.4, -0.2) is 41.2 Å². The number of carbonyl (C=O) groups is 1. The molecule has 1 unspecified atom stereocenters. The lowest BCUT2D eigenvalue weighted by molar-refractivity contribution is 0.0632. The molecule has 0 bridgehead atoms. The van der Waals surface area contributed by atoms with Gasteiger partial charge in [-0.3, -0.25) is 9.89 Å². The molecule has 1 amide bonds. The quantitative estimate of drug-likeness (QED) is 0.921. The molecule has 1 aromatic carbocycles. The van der Waals surface area contributed by atoms with Crippen molar-refractivity contribution in [3.63, 3.8) is 0 Å². The lowest BCUT2D eigenvalue weighted by Crippen LogP contribution is -2.47. The Balaban J connectivity index is 1.60. The van der Waals surface area contributed by atoms with E-state index in [4.69, 9.17) is 4.74 Å². The van der Waals surface area contributed by atoms with Crippen LogP contribution in [0, 0.1) is 5.82 Å². The zero-order valence-corrected chi connectivity index (χ0v) is 13.6. The van der Waals surface area contributed by atoms with E-state index in [2.05, 4.69) is 10.2 Å². The number of piperidine rings is 1. The van der Waals surface area contributed by atoms with Crippen molar-refractivity contribution in [2.45, 2.75) is 31.1 Å². The van der Waals surface area contributed by atoms with Crippen LogP contribution in [-0.2, 0) is 11.8 Å². The molecule has 1 saturated heterocycles. The molecule has 2 aromatic rings. The molecule has 5 nitrogen and oxygen atoms in total. The zero-order valence-electron chi connectivity index (χ0n) is 13.6. The molecule has 1 N–H and O–H groups in total. The van der Waals surface area contributed by atoms with E-state index in [-0.39, 0.29) is 17.1 Å². The molecule has 1 aliphatic carbocycles. The van der Waals surface area contributed by atoms with E-state index >= 15 is 0 Å². The van der Waals surface area contributed by atoms with E-state index in [1.54, 1.807) is 0 Å². The third-order valence-electron chi connectivity index (χ3n) is 5.38. The van der Waals surface area contributed by atoms with Crippen LogP contribution in [0.2, 0.25) is 0 Å². The van der Waals surface area contributed by atoms with E-state index in [1.807, 2.05) is 11.1 Å². The van der Waals surface area contributed by atoms with Gasteiger partial charge in [0.15, 0.2) is 11.6 Å². The summed E-state index contributed by atoms with van der Waals surface area (Å²) < 4.78 is 18.6. The highest BCUT2D eigenvalue weighted by atomic mass is 19.1. The average Bonchev–Trinajstić information content (AvgIpc) is 3.20. The Morgan fingerprint density at radius 2 is 2.29 bits per heavy atom. The second kappa shape index (κ2) is 5.61. The molecule has 1 aliphatic heterocycles. The van der Waals surface area contributed by atoms with Crippen molar-refractivity contribution in [2.24, 2.45) is 0 Å². The lowest BCUT2D eigenvalue weighted by atomic mass is 9.77. The van der Waals surface area contributed by atoms with Gasteiger partial charge in [-0.25, -0.2) is 4.39 Å². The summed E-state index contributed by atoms with van der Waals surface area (Å²) in [6.45, 7) is 1.41. The zero-order chi connectivity index (χ0) is 16.7. The van der Waals surface area contributed by atoms with Gasteiger partial charge in [0, 0.05) is 29.8 Å². The molecule has 0 radical (unpaired) electrons. The Morgan fingerprint density at radius 3 is 3.12 bits per heavy atom. The van der Waals surface area contributed by atoms with Crippen molar-refractivity contribution in [2.75, 3.05) is 20.2 Å². The Kier molecular flexibility index (Phi) is 3.55. The highest BCUT2D eigenvalue weighted by Gasteiger charge is 2.44. The molecule has 6 heteroatoms. The molecule has 126 valence electrons. The average molecular weight is 329 g/mol. The Labute approximate surface area is 139 Å². The topological polar surface area (TPSA) is 58.2 Å². The van der Waals surface area contributed by atoms with Gasteiger partial charge < -0.3 is 9.64 Å². The first-order valence-electron chi connectivity index (χ1n) is 8.28. The molecule has 1 atom stereocenters. The Morgan fingerprint density at radius 1 is 1.42 bits per heavy atom. The van der Waals surface area contributed by atoms with Gasteiger partial charge >= 0.3 is 0 Å². The lowest BCUT2D eigenvalue weighted by Gasteiger charge is -2.40. The number of hydrogen-bond acceptors (Lipinski definition) is 3. The summed E-state index contributed by atoms with van der Waals surface area (Å²) in [4.78, 5) is 14.8. The smallest absolute Gasteiger partial charge is 0.254 e. The van der Waals surface area contributed by atoms with Gasteiger partial charge in [0.1, 0.15) is 0 Å². The highest BCUT2D eigenvalue weighted by molar-refractivity contribution is 5.94. The third kappa shape index (κ3) is 2.28. The van der Waals surface area contributed by atoms with Gasteiger partial charge in [0.25, 0.3) is 5.91 Å². The number of rotatable bonds is 2. The van der Waals surface area contributed by atoms with Crippen molar-refractivity contribution in [3.8, 4) is 5.75 Å². The van der Waals surface area contributed by atoms with Crippen LogP contribution in [0.3, 0.4) is 0 Å². The number of fused-ring (bicyclic) bond motifs is 2. The van der Waals surface area contributed by atoms with Gasteiger partial charge in [-0.2, -0.15) is 5.10 Å². The van der Waals surface area contributed by atoms with Crippen molar-refractivity contribution in [3.05, 3.63) is 47.0 Å². The molecule has 1 fully saturated rings. The predicted octanol–water partition coefficient (Wildman–Crippen LogP) is 2.68. The summed E-state index contributed by atoms with van der Waals surface area (Å²) in [6, 6.07) is 4.29. The van der Waals surface area contributed by atoms with Gasteiger partial charge in [-0.05, 0) is 49.4 Å². The normalized spacial score (nSPS) is 22.7. The van der Waals surface area contributed by atoms with Crippen molar-refractivity contribution < 1.29 is 13.9 Å². The molecule has 4 rings (SSSR count). The molecule has 1 aromatic heterocycles. The highest BCUT2D eigenvalue weighted by Crippen LogP contribution is 2.44. The number of aromatic amines is 1. The van der Waals surface area contributed by atoms with Crippen molar-refractivity contribution in [1.82, 2.24) is 15.1 Å². The van der Waals surface area contributed by atoms with E-state index in [1.165, 1.54) is 36.6 Å². The van der Waals surface area contributed by atoms with E-state index in [0.29, 0.717) is 12.1 Å². The number of halogens is 1. The predicted molar refractivity (Wildman–Crippen MR) is 86.7 cm³/mol. The van der Waals surface area contributed by atoms with E-state index in [0.717, 1.165) is 32.2 Å². The van der Waals surface area contributed by atoms with E-state index < -0.39 is 5.82 Å². The summed E-state index contributed by atoms with van der Waals surface area (Å²) >= 11 is 0. The molecule has 0 saturated carbocycles. The first-order chi connectivity index (χ1) is 11.6. The van der Waals surface area contributed by atoms with Crippen molar-refractivity contribution in [1.29, 1.82) is 0 Å². The minimum Gasteiger partial charge on any atom is -0.494 e. The molecular weight excluding hydrogens is 309 g/mol. The number of carbonyl (C=O) groups excluding carboxylic acids is 1. The SMILES string of the molecule is COc1cc(C(=O)N2CCCC3(CCc4cn[nH]c43)C2)ccc1F. The number of amides is 1. The summed E-state index contributed by atoms with van der Waals surface area (Å²) in [5, 5.41) is 7.31. The van der Waals surface area contributed by atoms with Gasteiger partial charge in [-0.1, -0.05) is 0 Å². The monoisotopic (exact) mass is 329 g/mol. The number of benzene rings is 1. The standard InChI is InChI=1S/C18H20FN3O2/c1-24-15-9-12(3-4-14(15)19)17(23)22-8-2-6-18(11-22)7-5-13-10-20-21-16(13)18/h3-4,9-10H,2,5-8,11H2,1H3,(H,20,21). The van der Waals surface area contributed by atoms with Crippen LogP contribution in [0.25, 0.3) is 0 Å². The minimum absolute atomic E-state index is 0.0101. The minimum atomic E-state index is -0.456. The van der Waals surface area contributed by atoms with Gasteiger partial charge in [0.2, 0.25) is 0 Å². The molecule has 1 spiro atoms. The first-order valence-corrected chi connectivity index (χ1v) is 8.28. The van der Waals surface area contributed by atoms with Crippen LogP contribution in [0.15, 0.2) is 24.4 Å². The van der Waals surface area contributed by atoms with Gasteiger partial charge in [-0.15, -0.1) is 0 Å². The summed E-state index contributed by atoms with van der Waals surface area (Å²) in [6.07, 6.45) is 5.99. The number of aromatic nitrogens is 2. The maximum atomic E-state index is 13.6. The summed E-state index contributed by atoms with van der Waals surface area (Å²) in [7, 11) is 1.40. The second-order valence-corrected chi connectivity index (χ2v) is 6.73. The third-order valence-corrected chi connectivity index (χ3v) is 5.38. The Bertz CT molecular complexity index is 788. The maximum absolute atomic E-state index is 13.6. The van der Waals surface area contributed by atoms with Gasteiger partial charge in [0.05, 0.1) is 13.3 Å². The van der Waals surface area contributed by atoms with Crippen LogP contribution < -0.4 is 4.74 Å². The second-order valence-electron chi connectivity index (χ2n) is 6.73. The number of likely N-dealkylation sites (tertiary alicyclic amines) is 1. The fourth-order valence-electron chi connectivity index (χ4n) is 4.15. The van der Waals surface area contributed by atoms with Crippen LogP contribution in [0.1, 0.15) is 40.9 Å². The number of methoxy groups -OCH3 is 1. The van der Waals surface area contributed by atoms with E-state index in [9.17, 15) is 9.18 Å². The summed E-state index contributed by atoms with van der Waals surface area (Å²) in [5.74, 6) is -0.424. The molecule has 2 heterocycles. The fourth-order valence-corrected chi connectivity index (χ4v) is 4.15. The van der Waals surface area contributed by atoms with Crippen LogP contribution in [0.4, 0.5) is 4.39 Å². The molecular formula is C18H20FN3O2. The number of aryl methyl sites for hydroxylation is 1. The number of H-pyrrole nitrogens is 1. The molecule has 2 aliphatic rings. The van der Waals surface area contributed by atoms with Crippen LogP contribution >= 0.6 is 0 Å². The summed E-state index contributed by atoms with van der Waals surface area (Å²) in [5.41, 5.74) is 2.92. The number of hydrogen-bond donors (Lipinski definition) is 1. The van der Waals surface area contributed by atoms with Crippen LogP contribution in [0.5, 0.6) is 5.75 Å². The number of nitrogens with zero attached hydrogens (tertiary/aromatic N) is 2. The molecule has 24 heavy (non-hydrogen) atoms. The van der Waals surface area contributed by atoms with Crippen molar-refractivity contribution >= 4 is 5.91 Å². The fraction of sp³-hybridized carbons (Fsp3) is 0.444. The number of ether oxygens (including phenoxy) is 1. The Hall–Kier alpha value is -2.37. The first kappa shape index (κ1) is 15.2. The largest absolute Gasteiger partial charge is 0.494 e.